The monoisotopic (exact) mass is 529 g/mol. The molecule has 6 heterocycles. The molecule has 1 aromatic carbocycles. The highest BCUT2D eigenvalue weighted by atomic mass is 16.5. The van der Waals surface area contributed by atoms with Crippen LogP contribution in [0.4, 0.5) is 0 Å². The minimum atomic E-state index is -0.540. The van der Waals surface area contributed by atoms with Crippen molar-refractivity contribution in [3.8, 4) is 11.6 Å². The van der Waals surface area contributed by atoms with E-state index in [-0.39, 0.29) is 29.9 Å². The zero-order valence-corrected chi connectivity index (χ0v) is 22.7. The summed E-state index contributed by atoms with van der Waals surface area (Å²) in [5.74, 6) is 1.17. The van der Waals surface area contributed by atoms with Gasteiger partial charge in [0.25, 0.3) is 5.91 Å². The smallest absolute Gasteiger partial charge is 0.251 e. The number of guanidine groups is 1. The van der Waals surface area contributed by atoms with Crippen molar-refractivity contribution in [3.63, 3.8) is 0 Å². The Hall–Kier alpha value is -3.88. The summed E-state index contributed by atoms with van der Waals surface area (Å²) in [5, 5.41) is 3.22. The SMILES string of the molecule is CC[C@@]12CC/C=C\c3cnc4c(c3)[C@H](CC(C)(C)O4)NC(=O)c3ccc4c(c3)[C@@H](CCO4)N(C(=O)C1)C(N)=N2. The minimum Gasteiger partial charge on any atom is -0.493 e. The van der Waals surface area contributed by atoms with Crippen LogP contribution in [0.25, 0.3) is 6.08 Å². The van der Waals surface area contributed by atoms with Gasteiger partial charge in [-0.05, 0) is 62.9 Å². The Morgan fingerprint density at radius 3 is 2.85 bits per heavy atom. The fourth-order valence-corrected chi connectivity index (χ4v) is 6.23. The maximum Gasteiger partial charge on any atom is 0.251 e. The van der Waals surface area contributed by atoms with Crippen LogP contribution in [0, 0.1) is 0 Å². The number of pyridine rings is 1. The molecule has 1 aromatic heterocycles. The van der Waals surface area contributed by atoms with Crippen molar-refractivity contribution in [2.75, 3.05) is 6.61 Å². The molecule has 0 saturated carbocycles. The standard InChI is InChI=1S/C30H35N5O4/c1-4-30-11-6-5-7-18-13-20-22(15-29(2,3)39-27(20)32-17-18)33-26(37)19-8-9-24-21(14-19)23(10-12-38-24)35(25(36)16-30)28(31)34-30/h5,7-9,13-14,17,22-23H,4,6,10-12,15-16H2,1-3H3,(H2,31,34)(H,33,37)/b7-5-/t22-,23+,30+/m0/s1. The van der Waals surface area contributed by atoms with E-state index < -0.39 is 11.1 Å². The van der Waals surface area contributed by atoms with Crippen LogP contribution in [-0.4, -0.2) is 45.4 Å². The number of benzene rings is 1. The largest absolute Gasteiger partial charge is 0.493 e. The molecule has 2 aromatic rings. The Morgan fingerprint density at radius 1 is 1.21 bits per heavy atom. The minimum absolute atomic E-state index is 0.0454. The van der Waals surface area contributed by atoms with Crippen LogP contribution in [0.5, 0.6) is 11.6 Å². The molecule has 7 rings (SSSR count). The molecule has 6 bridgehead atoms. The summed E-state index contributed by atoms with van der Waals surface area (Å²) in [4.78, 5) is 38.3. The average molecular weight is 530 g/mol. The Bertz CT molecular complexity index is 1400. The Morgan fingerprint density at radius 2 is 2.05 bits per heavy atom. The van der Waals surface area contributed by atoms with Gasteiger partial charge in [0.15, 0.2) is 5.96 Å². The summed E-state index contributed by atoms with van der Waals surface area (Å²) >= 11 is 0. The third kappa shape index (κ3) is 4.64. The molecular formula is C30H35N5O4. The summed E-state index contributed by atoms with van der Waals surface area (Å²) < 4.78 is 12.1. The molecule has 0 aliphatic carbocycles. The second kappa shape index (κ2) is 9.39. The van der Waals surface area contributed by atoms with E-state index in [9.17, 15) is 9.59 Å². The van der Waals surface area contributed by atoms with Gasteiger partial charge in [-0.1, -0.05) is 19.1 Å². The maximum absolute atomic E-state index is 13.6. The quantitative estimate of drug-likeness (QED) is 0.564. The lowest BCUT2D eigenvalue weighted by molar-refractivity contribution is -0.132. The fourth-order valence-electron chi connectivity index (χ4n) is 6.23. The first-order valence-corrected chi connectivity index (χ1v) is 13.8. The molecule has 5 aliphatic rings. The summed E-state index contributed by atoms with van der Waals surface area (Å²) in [6.07, 6.45) is 9.52. The van der Waals surface area contributed by atoms with Crippen LogP contribution >= 0.6 is 0 Å². The lowest BCUT2D eigenvalue weighted by Gasteiger charge is -2.42. The van der Waals surface area contributed by atoms with Crippen LogP contribution < -0.4 is 20.5 Å². The molecule has 39 heavy (non-hydrogen) atoms. The lowest BCUT2D eigenvalue weighted by Crippen LogP contribution is -2.53. The number of fused-ring (bicyclic) bond motifs is 4. The zero-order chi connectivity index (χ0) is 27.4. The number of aliphatic imine (C=N–C) groups is 1. The zero-order valence-electron chi connectivity index (χ0n) is 22.7. The van der Waals surface area contributed by atoms with Gasteiger partial charge < -0.3 is 20.5 Å². The molecule has 0 unspecified atom stereocenters. The average Bonchev–Trinajstić information content (AvgIpc) is 2.90. The Labute approximate surface area is 228 Å². The van der Waals surface area contributed by atoms with Crippen LogP contribution in [-0.2, 0) is 4.79 Å². The molecule has 2 amide bonds. The summed E-state index contributed by atoms with van der Waals surface area (Å²) in [7, 11) is 0. The number of hydrogen-bond acceptors (Lipinski definition) is 7. The normalized spacial score (nSPS) is 28.3. The lowest BCUT2D eigenvalue weighted by atomic mass is 9.84. The van der Waals surface area contributed by atoms with Gasteiger partial charge in [-0.2, -0.15) is 0 Å². The molecule has 0 radical (unpaired) electrons. The number of ether oxygens (including phenoxy) is 2. The van der Waals surface area contributed by atoms with Crippen LogP contribution in [0.1, 0.15) is 98.4 Å². The van der Waals surface area contributed by atoms with Crippen molar-refractivity contribution >= 4 is 23.8 Å². The van der Waals surface area contributed by atoms with Gasteiger partial charge in [-0.25, -0.2) is 9.98 Å². The van der Waals surface area contributed by atoms with Crippen molar-refractivity contribution < 1.29 is 19.1 Å². The number of allylic oxidation sites excluding steroid dienone is 1. The second-order valence-corrected chi connectivity index (χ2v) is 11.6. The van der Waals surface area contributed by atoms with E-state index in [0.29, 0.717) is 55.9 Å². The van der Waals surface area contributed by atoms with Gasteiger partial charge >= 0.3 is 0 Å². The number of nitrogens with one attached hydrogen (secondary N) is 1. The van der Waals surface area contributed by atoms with Crippen molar-refractivity contribution in [2.45, 2.75) is 82.5 Å². The van der Waals surface area contributed by atoms with Gasteiger partial charge in [0.2, 0.25) is 11.8 Å². The van der Waals surface area contributed by atoms with Crippen molar-refractivity contribution in [2.24, 2.45) is 10.7 Å². The predicted molar refractivity (Wildman–Crippen MR) is 147 cm³/mol. The van der Waals surface area contributed by atoms with Gasteiger partial charge in [0.05, 0.1) is 30.7 Å². The molecule has 3 N–H and O–H groups in total. The Balaban J connectivity index is 1.46. The fraction of sp³-hybridized carbons (Fsp3) is 0.467. The highest BCUT2D eigenvalue weighted by Gasteiger charge is 2.42. The first kappa shape index (κ1) is 25.4. The van der Waals surface area contributed by atoms with Crippen molar-refractivity contribution in [3.05, 3.63) is 58.8 Å². The van der Waals surface area contributed by atoms with Crippen LogP contribution in [0.2, 0.25) is 0 Å². The van der Waals surface area contributed by atoms with Gasteiger partial charge in [-0.15, -0.1) is 0 Å². The summed E-state index contributed by atoms with van der Waals surface area (Å²) in [5.41, 5.74) is 8.53. The molecule has 204 valence electrons. The van der Waals surface area contributed by atoms with Crippen molar-refractivity contribution in [1.82, 2.24) is 15.2 Å². The summed E-state index contributed by atoms with van der Waals surface area (Å²) in [6, 6.07) is 6.80. The summed E-state index contributed by atoms with van der Waals surface area (Å²) in [6.45, 7) is 6.51. The van der Waals surface area contributed by atoms with Gasteiger partial charge in [0.1, 0.15) is 11.4 Å². The highest BCUT2D eigenvalue weighted by Crippen LogP contribution is 2.42. The number of carbonyl (C=O) groups excluding carboxylic acids is 2. The number of carbonyl (C=O) groups is 2. The van der Waals surface area contributed by atoms with Gasteiger partial charge in [0, 0.05) is 35.7 Å². The van der Waals surface area contributed by atoms with E-state index in [1.54, 1.807) is 23.2 Å². The maximum atomic E-state index is 13.6. The molecule has 3 atom stereocenters. The van der Waals surface area contributed by atoms with E-state index in [1.807, 2.05) is 32.1 Å². The topological polar surface area (TPSA) is 119 Å². The third-order valence-corrected chi connectivity index (χ3v) is 8.33. The van der Waals surface area contributed by atoms with E-state index in [2.05, 4.69) is 23.3 Å². The number of aromatic nitrogens is 1. The number of nitrogens with two attached hydrogens (primary N) is 1. The molecular weight excluding hydrogens is 494 g/mol. The van der Waals surface area contributed by atoms with Crippen molar-refractivity contribution in [1.29, 1.82) is 0 Å². The van der Waals surface area contributed by atoms with E-state index in [1.165, 1.54) is 0 Å². The van der Waals surface area contributed by atoms with E-state index in [4.69, 9.17) is 20.2 Å². The van der Waals surface area contributed by atoms with E-state index >= 15 is 0 Å². The molecule has 0 spiro atoms. The molecule has 5 aliphatic heterocycles. The first-order valence-electron chi connectivity index (χ1n) is 13.8. The number of hydrogen-bond donors (Lipinski definition) is 2. The molecule has 9 heteroatoms. The number of rotatable bonds is 1. The third-order valence-electron chi connectivity index (χ3n) is 8.33. The van der Waals surface area contributed by atoms with Crippen LogP contribution in [0.3, 0.4) is 0 Å². The van der Waals surface area contributed by atoms with Gasteiger partial charge in [-0.3, -0.25) is 14.5 Å². The number of amides is 2. The molecule has 9 nitrogen and oxygen atoms in total. The first-order chi connectivity index (χ1) is 18.7. The molecule has 0 fully saturated rings. The predicted octanol–water partition coefficient (Wildman–Crippen LogP) is 4.44. The Kier molecular flexibility index (Phi) is 6.12. The highest BCUT2D eigenvalue weighted by molar-refractivity contribution is 6.00. The number of nitrogens with zero attached hydrogens (tertiary/aromatic N) is 3. The second-order valence-electron chi connectivity index (χ2n) is 11.6. The van der Waals surface area contributed by atoms with E-state index in [0.717, 1.165) is 23.1 Å². The van der Waals surface area contributed by atoms with Crippen LogP contribution in [0.15, 0.2) is 41.5 Å². The molecule has 0 saturated heterocycles.